The van der Waals surface area contributed by atoms with Crippen molar-refractivity contribution in [1.82, 2.24) is 24.6 Å². The van der Waals surface area contributed by atoms with E-state index in [0.29, 0.717) is 5.56 Å². The topological polar surface area (TPSA) is 79.8 Å². The summed E-state index contributed by atoms with van der Waals surface area (Å²) in [6.07, 6.45) is 5.51. The summed E-state index contributed by atoms with van der Waals surface area (Å²) in [5, 5.41) is 14.6. The van der Waals surface area contributed by atoms with Gasteiger partial charge in [-0.05, 0) is 39.0 Å². The number of aryl methyl sites for hydroxylation is 1. The number of aromatic nitrogens is 5. The molecule has 0 radical (unpaired) electrons. The maximum atomic E-state index is 9.13. The fourth-order valence-electron chi connectivity index (χ4n) is 3.41. The van der Waals surface area contributed by atoms with Gasteiger partial charge in [0.25, 0.3) is 0 Å². The van der Waals surface area contributed by atoms with Crippen molar-refractivity contribution in [2.75, 3.05) is 0 Å². The molecule has 0 amide bonds. The van der Waals surface area contributed by atoms with Crippen LogP contribution in [0.1, 0.15) is 62.3 Å². The van der Waals surface area contributed by atoms with Crippen molar-refractivity contribution >= 4 is 16.9 Å². The zero-order valence-corrected chi connectivity index (χ0v) is 18.9. The third kappa shape index (κ3) is 3.48. The summed E-state index contributed by atoms with van der Waals surface area (Å²) >= 11 is 1.64. The summed E-state index contributed by atoms with van der Waals surface area (Å²) < 4.78 is 1.76. The van der Waals surface area contributed by atoms with Gasteiger partial charge in [-0.15, -0.1) is 11.3 Å². The third-order valence-corrected chi connectivity index (χ3v) is 6.56. The largest absolute Gasteiger partial charge is 0.248 e. The van der Waals surface area contributed by atoms with Gasteiger partial charge in [0.2, 0.25) is 0 Å². The van der Waals surface area contributed by atoms with E-state index in [0.717, 1.165) is 38.2 Å². The Kier molecular flexibility index (Phi) is 4.70. The lowest BCUT2D eigenvalue weighted by Gasteiger charge is -2.21. The van der Waals surface area contributed by atoms with Gasteiger partial charge in [0.1, 0.15) is 16.9 Å². The third-order valence-electron chi connectivity index (χ3n) is 5.22. The van der Waals surface area contributed by atoms with Crippen molar-refractivity contribution in [1.29, 1.82) is 5.26 Å². The van der Waals surface area contributed by atoms with Crippen molar-refractivity contribution in [3.63, 3.8) is 0 Å². The zero-order chi connectivity index (χ0) is 21.7. The minimum absolute atomic E-state index is 0.0470. The van der Waals surface area contributed by atoms with E-state index in [-0.39, 0.29) is 10.8 Å². The smallest absolute Gasteiger partial charge is 0.126 e. The van der Waals surface area contributed by atoms with Gasteiger partial charge in [0.15, 0.2) is 0 Å². The number of rotatable bonds is 3. The van der Waals surface area contributed by atoms with Crippen molar-refractivity contribution in [3.8, 4) is 16.6 Å². The van der Waals surface area contributed by atoms with Gasteiger partial charge in [0, 0.05) is 28.8 Å². The summed E-state index contributed by atoms with van der Waals surface area (Å²) in [5.74, 6) is 0.766. The number of nitrogens with zero attached hydrogens (tertiary/aromatic N) is 6. The molecule has 0 aliphatic rings. The first-order chi connectivity index (χ1) is 14.1. The van der Waals surface area contributed by atoms with Gasteiger partial charge >= 0.3 is 0 Å². The molecule has 152 valence electrons. The normalized spacial score (nSPS) is 12.3. The van der Waals surface area contributed by atoms with Crippen LogP contribution in [0.2, 0.25) is 0 Å². The summed E-state index contributed by atoms with van der Waals surface area (Å²) in [6.45, 7) is 12.7. The quantitative estimate of drug-likeness (QED) is 0.467. The average molecular weight is 417 g/mol. The van der Waals surface area contributed by atoms with E-state index in [1.54, 1.807) is 22.0 Å². The Morgan fingerprint density at radius 2 is 1.83 bits per heavy atom. The second kappa shape index (κ2) is 6.99. The van der Waals surface area contributed by atoms with E-state index in [9.17, 15) is 0 Å². The molecule has 7 heteroatoms. The van der Waals surface area contributed by atoms with Crippen LogP contribution >= 0.6 is 11.3 Å². The van der Waals surface area contributed by atoms with Gasteiger partial charge in [-0.1, -0.05) is 20.8 Å². The molecule has 0 N–H and O–H groups in total. The van der Waals surface area contributed by atoms with E-state index < -0.39 is 0 Å². The average Bonchev–Trinajstić information content (AvgIpc) is 3.34. The van der Waals surface area contributed by atoms with Crippen LogP contribution < -0.4 is 0 Å². The van der Waals surface area contributed by atoms with Gasteiger partial charge in [-0.2, -0.15) is 10.4 Å². The van der Waals surface area contributed by atoms with Crippen LogP contribution in [-0.2, 0) is 10.8 Å². The minimum atomic E-state index is -0.340. The molecule has 0 saturated heterocycles. The van der Waals surface area contributed by atoms with Crippen molar-refractivity contribution in [2.45, 2.75) is 52.4 Å². The molecule has 4 aromatic heterocycles. The minimum Gasteiger partial charge on any atom is -0.248 e. The van der Waals surface area contributed by atoms with Crippen molar-refractivity contribution in [2.24, 2.45) is 0 Å². The molecular formula is C23H24N6S. The molecule has 0 spiro atoms. The van der Waals surface area contributed by atoms with Crippen LogP contribution in [0, 0.1) is 18.3 Å². The van der Waals surface area contributed by atoms with E-state index >= 15 is 0 Å². The number of nitriles is 1. The number of pyridine rings is 1. The summed E-state index contributed by atoms with van der Waals surface area (Å²) in [7, 11) is 0. The fourth-order valence-corrected chi connectivity index (χ4v) is 4.40. The molecule has 6 nitrogen and oxygen atoms in total. The standard InChI is InChI=1S/C23H24N6S/c1-14-27-17(9-20(28-14)22(2,3)4)19-12-25-21(30-19)23(5,6)16-11-26-29-13-15(10-24)7-8-18(16)29/h7-9,11-13H,1-6H3. The molecule has 4 rings (SSSR count). The second-order valence-electron chi connectivity index (χ2n) is 9.01. The predicted octanol–water partition coefficient (Wildman–Crippen LogP) is 5.05. The van der Waals surface area contributed by atoms with Crippen LogP contribution in [0.5, 0.6) is 0 Å². The lowest BCUT2D eigenvalue weighted by atomic mass is 9.86. The van der Waals surface area contributed by atoms with Gasteiger partial charge < -0.3 is 0 Å². The SMILES string of the molecule is Cc1nc(-c2cnc(C(C)(C)c3cnn4cc(C#N)ccc34)s2)cc(C(C)(C)C)n1. The van der Waals surface area contributed by atoms with Crippen LogP contribution in [-0.4, -0.2) is 24.6 Å². The monoisotopic (exact) mass is 416 g/mol. The highest BCUT2D eigenvalue weighted by molar-refractivity contribution is 7.15. The highest BCUT2D eigenvalue weighted by atomic mass is 32.1. The molecule has 4 heterocycles. The predicted molar refractivity (Wildman–Crippen MR) is 119 cm³/mol. The molecule has 0 saturated carbocycles. The van der Waals surface area contributed by atoms with E-state index in [2.05, 4.69) is 61.8 Å². The highest BCUT2D eigenvalue weighted by Gasteiger charge is 2.30. The van der Waals surface area contributed by atoms with Crippen LogP contribution in [0.3, 0.4) is 0 Å². The number of hydrogen-bond donors (Lipinski definition) is 0. The van der Waals surface area contributed by atoms with Gasteiger partial charge in [-0.25, -0.2) is 19.5 Å². The van der Waals surface area contributed by atoms with E-state index in [4.69, 9.17) is 10.2 Å². The van der Waals surface area contributed by atoms with Crippen LogP contribution in [0.15, 0.2) is 36.8 Å². The first-order valence-electron chi connectivity index (χ1n) is 9.80. The molecule has 0 aromatic carbocycles. The molecule has 0 fully saturated rings. The Morgan fingerprint density at radius 1 is 1.07 bits per heavy atom. The molecular weight excluding hydrogens is 392 g/mol. The van der Waals surface area contributed by atoms with Gasteiger partial charge in [0.05, 0.1) is 33.5 Å². The first-order valence-corrected chi connectivity index (χ1v) is 10.6. The maximum absolute atomic E-state index is 9.13. The molecule has 0 bridgehead atoms. The number of fused-ring (bicyclic) bond motifs is 1. The van der Waals surface area contributed by atoms with Crippen LogP contribution in [0.4, 0.5) is 0 Å². The maximum Gasteiger partial charge on any atom is 0.126 e. The van der Waals surface area contributed by atoms with Crippen LogP contribution in [0.25, 0.3) is 16.1 Å². The molecule has 0 atom stereocenters. The van der Waals surface area contributed by atoms with Crippen molar-refractivity contribution < 1.29 is 0 Å². The number of hydrogen-bond acceptors (Lipinski definition) is 6. The molecule has 0 unspecified atom stereocenters. The van der Waals surface area contributed by atoms with Crippen molar-refractivity contribution in [3.05, 3.63) is 64.4 Å². The number of thiazole rings is 1. The molecule has 0 aliphatic carbocycles. The summed E-state index contributed by atoms with van der Waals surface area (Å²) in [4.78, 5) is 15.0. The Hall–Kier alpha value is -3.11. The fraction of sp³-hybridized carbons (Fsp3) is 0.348. The Balaban J connectivity index is 1.76. The Bertz CT molecular complexity index is 1280. The van der Waals surface area contributed by atoms with E-state index in [1.807, 2.05) is 31.5 Å². The van der Waals surface area contributed by atoms with E-state index in [1.165, 1.54) is 0 Å². The highest BCUT2D eigenvalue weighted by Crippen LogP contribution is 2.39. The molecule has 0 aliphatic heterocycles. The zero-order valence-electron chi connectivity index (χ0n) is 18.1. The Labute approximate surface area is 180 Å². The molecule has 4 aromatic rings. The first kappa shape index (κ1) is 20.2. The Morgan fingerprint density at radius 3 is 2.53 bits per heavy atom. The van der Waals surface area contributed by atoms with Gasteiger partial charge in [-0.3, -0.25) is 0 Å². The summed E-state index contributed by atoms with van der Waals surface area (Å²) in [5.41, 5.74) is 4.18. The lowest BCUT2D eigenvalue weighted by Crippen LogP contribution is -2.18. The summed E-state index contributed by atoms with van der Waals surface area (Å²) in [6, 6.07) is 7.99. The second-order valence-corrected chi connectivity index (χ2v) is 10.0. The lowest BCUT2D eigenvalue weighted by molar-refractivity contribution is 0.564. The molecule has 30 heavy (non-hydrogen) atoms.